The average Bonchev–Trinajstić information content (AvgIpc) is 0.834. The van der Waals surface area contributed by atoms with Gasteiger partial charge in [-0.05, 0) is 103 Å². The number of hydrogen-bond donors (Lipinski definition) is 12. The van der Waals surface area contributed by atoms with E-state index >= 15 is 0 Å². The van der Waals surface area contributed by atoms with Gasteiger partial charge >= 0.3 is 0 Å². The minimum atomic E-state index is -1.99. The summed E-state index contributed by atoms with van der Waals surface area (Å²) in [5.41, 5.74) is 0. The lowest BCUT2D eigenvalue weighted by molar-refractivity contribution is -0.379. The fraction of sp³-hybridized carbons (Fsp3) is 0.667. The molecule has 534 valence electrons. The molecule has 3 rings (SSSR count). The zero-order valence-corrected chi connectivity index (χ0v) is 56.4. The Morgan fingerprint density at radius 2 is 0.745 bits per heavy atom. The van der Waals surface area contributed by atoms with Crippen molar-refractivity contribution in [2.75, 3.05) is 26.4 Å². The van der Waals surface area contributed by atoms with Crippen LogP contribution in [0.3, 0.4) is 0 Å². The van der Waals surface area contributed by atoms with Crippen molar-refractivity contribution in [2.24, 2.45) is 0 Å². The van der Waals surface area contributed by atoms with E-state index in [9.17, 15) is 61.0 Å². The maximum Gasteiger partial charge on any atom is 0.220 e. The monoisotopic (exact) mass is 1320 g/mol. The second kappa shape index (κ2) is 54.7. The summed E-state index contributed by atoms with van der Waals surface area (Å²) in [5.74, 6) is -0.301. The van der Waals surface area contributed by atoms with E-state index in [0.717, 1.165) is 122 Å². The van der Waals surface area contributed by atoms with Gasteiger partial charge in [0.1, 0.15) is 73.2 Å². The molecule has 12 N–H and O–H groups in total. The number of hydrogen-bond acceptors (Lipinski definition) is 18. The standard InChI is InChI=1S/C75H121NO18/c1-3-5-7-9-11-13-14-15-16-17-18-19-20-21-22-23-24-25-26-27-28-29-30-31-32-33-34-35-36-37-38-39-40-41-42-43-44-45-47-49-51-53-63(81)76-58(59(80)52-50-48-46-12-10-8-6-4-2)57-89-73-69(87)66(84)71(61(55-78)91-73)94-75-70(88)67(85)72(62(56-79)92-75)93-74-68(86)65(83)64(82)60(54-77)90-74/h5,7,10-13,15-16,18-19,21-22,24-25,27-28,30-31,33-34,36-37,50,52,58-62,64-75,77-80,82-88H,3-4,6,8-9,14,17,20,23,26,29,32,35,38-49,51,53-57H2,1-2H3,(H,76,81)/b7-5-,12-10+,13-11-,16-15-,19-18-,22-21-,25-24-,28-27-,31-30-,34-33-,37-36-,52-50+. The first-order valence-corrected chi connectivity index (χ1v) is 35.1. The molecule has 17 atom stereocenters. The van der Waals surface area contributed by atoms with Gasteiger partial charge in [0.15, 0.2) is 18.9 Å². The summed E-state index contributed by atoms with van der Waals surface area (Å²) in [4.78, 5) is 13.3. The lowest BCUT2D eigenvalue weighted by atomic mass is 9.96. The third-order valence-corrected chi connectivity index (χ3v) is 16.4. The number of aliphatic hydroxyl groups is 11. The second-order valence-electron chi connectivity index (χ2n) is 24.2. The molecule has 19 heteroatoms. The first-order valence-electron chi connectivity index (χ1n) is 35.1. The molecule has 0 radical (unpaired) electrons. The van der Waals surface area contributed by atoms with E-state index in [1.807, 2.05) is 6.08 Å². The van der Waals surface area contributed by atoms with Crippen LogP contribution >= 0.6 is 0 Å². The summed E-state index contributed by atoms with van der Waals surface area (Å²) in [6, 6.07) is -0.999. The Hall–Kier alpha value is -4.33. The van der Waals surface area contributed by atoms with Crippen molar-refractivity contribution in [3.63, 3.8) is 0 Å². The molecule has 0 bridgehead atoms. The van der Waals surface area contributed by atoms with Gasteiger partial charge in [0, 0.05) is 6.42 Å². The number of amides is 1. The van der Waals surface area contributed by atoms with Crippen LogP contribution in [0.15, 0.2) is 146 Å². The molecule has 19 nitrogen and oxygen atoms in total. The van der Waals surface area contributed by atoms with E-state index in [1.54, 1.807) is 6.08 Å². The zero-order chi connectivity index (χ0) is 68.2. The number of unbranched alkanes of at least 4 members (excludes halogenated alkanes) is 13. The Balaban J connectivity index is 1.29. The number of aliphatic hydroxyl groups excluding tert-OH is 11. The highest BCUT2D eigenvalue weighted by molar-refractivity contribution is 5.76. The molecule has 17 unspecified atom stereocenters. The second-order valence-corrected chi connectivity index (χ2v) is 24.2. The quantitative estimate of drug-likeness (QED) is 0.0199. The van der Waals surface area contributed by atoms with E-state index in [0.29, 0.717) is 12.8 Å². The van der Waals surface area contributed by atoms with Crippen LogP contribution < -0.4 is 5.32 Å². The molecule has 3 fully saturated rings. The van der Waals surface area contributed by atoms with Gasteiger partial charge in [-0.15, -0.1) is 0 Å². The highest BCUT2D eigenvalue weighted by atomic mass is 16.8. The first kappa shape index (κ1) is 83.9. The van der Waals surface area contributed by atoms with E-state index in [4.69, 9.17) is 28.4 Å². The van der Waals surface area contributed by atoms with Crippen LogP contribution in [0.5, 0.6) is 0 Å². The van der Waals surface area contributed by atoms with Gasteiger partial charge in [0.05, 0.1) is 38.6 Å². The van der Waals surface area contributed by atoms with Crippen molar-refractivity contribution < 1.29 is 89.4 Å². The molecule has 3 aliphatic rings. The molecule has 0 aliphatic carbocycles. The van der Waals surface area contributed by atoms with Crippen molar-refractivity contribution in [3.05, 3.63) is 146 Å². The van der Waals surface area contributed by atoms with Crippen molar-refractivity contribution >= 4 is 5.91 Å². The number of nitrogens with one attached hydrogen (secondary N) is 1. The SMILES string of the molecule is CC/C=C\C/C=C\C/C=C\C/C=C\C/C=C\C/C=C\C/C=C\C/C=C\C/C=C\C/C=C\CCCCCCCCCCCCC(=O)NC(COC1OC(CO)C(OC2OC(CO)C(OC3OC(CO)C(O)C(O)C3O)C(O)C2O)C(O)C1O)C(O)/C=C/CC/C=C/CCCC. The molecule has 0 aromatic rings. The molecule has 3 aliphatic heterocycles. The predicted octanol–water partition coefficient (Wildman–Crippen LogP) is 9.54. The molecular weight excluding hydrogens is 1200 g/mol. The Labute approximate surface area is 562 Å². The molecule has 3 heterocycles. The highest BCUT2D eigenvalue weighted by Crippen LogP contribution is 2.33. The van der Waals surface area contributed by atoms with Crippen LogP contribution in [0, 0.1) is 0 Å². The van der Waals surface area contributed by atoms with E-state index in [2.05, 4.69) is 153 Å². The zero-order valence-electron chi connectivity index (χ0n) is 56.4. The van der Waals surface area contributed by atoms with Gasteiger partial charge in [-0.3, -0.25) is 4.79 Å². The van der Waals surface area contributed by atoms with Gasteiger partial charge in [0.25, 0.3) is 0 Å². The van der Waals surface area contributed by atoms with Crippen LogP contribution in [0.4, 0.5) is 0 Å². The van der Waals surface area contributed by atoms with Crippen LogP contribution in [0.25, 0.3) is 0 Å². The summed E-state index contributed by atoms with van der Waals surface area (Å²) in [6.07, 6.45) is 51.7. The molecule has 0 aromatic heterocycles. The molecule has 0 aromatic carbocycles. The average molecular weight is 1320 g/mol. The largest absolute Gasteiger partial charge is 0.394 e. The molecule has 3 saturated heterocycles. The number of carbonyl (C=O) groups excluding carboxylic acids is 1. The summed E-state index contributed by atoms with van der Waals surface area (Å²) in [7, 11) is 0. The van der Waals surface area contributed by atoms with Crippen molar-refractivity contribution in [2.45, 2.75) is 291 Å². The van der Waals surface area contributed by atoms with Crippen LogP contribution in [-0.4, -0.2) is 193 Å². The number of ether oxygens (including phenoxy) is 6. The van der Waals surface area contributed by atoms with Gasteiger partial charge < -0.3 is 89.9 Å². The number of carbonyl (C=O) groups is 1. The van der Waals surface area contributed by atoms with Crippen LogP contribution in [-0.2, 0) is 33.2 Å². The molecule has 1 amide bonds. The summed E-state index contributed by atoms with van der Waals surface area (Å²) in [5, 5.41) is 120. The Kier molecular flexibility index (Phi) is 48.8. The molecule has 0 saturated carbocycles. The topological polar surface area (TPSA) is 307 Å². The predicted molar refractivity (Wildman–Crippen MR) is 369 cm³/mol. The highest BCUT2D eigenvalue weighted by Gasteiger charge is 2.53. The van der Waals surface area contributed by atoms with E-state index < -0.39 is 124 Å². The van der Waals surface area contributed by atoms with Gasteiger partial charge in [-0.2, -0.15) is 0 Å². The summed E-state index contributed by atoms with van der Waals surface area (Å²) < 4.78 is 34.2. The first-order chi connectivity index (χ1) is 45.8. The van der Waals surface area contributed by atoms with Crippen molar-refractivity contribution in [1.29, 1.82) is 0 Å². The number of rotatable bonds is 51. The lowest BCUT2D eigenvalue weighted by Gasteiger charge is -2.48. The lowest BCUT2D eigenvalue weighted by Crippen LogP contribution is -2.66. The third kappa shape index (κ3) is 35.8. The summed E-state index contributed by atoms with van der Waals surface area (Å²) >= 11 is 0. The molecule has 94 heavy (non-hydrogen) atoms. The maximum absolute atomic E-state index is 13.3. The van der Waals surface area contributed by atoms with Crippen LogP contribution in [0.1, 0.15) is 187 Å². The smallest absolute Gasteiger partial charge is 0.220 e. The van der Waals surface area contributed by atoms with Crippen LogP contribution in [0.2, 0.25) is 0 Å². The van der Waals surface area contributed by atoms with E-state index in [1.165, 1.54) is 32.1 Å². The normalized spacial score (nSPS) is 28.3. The minimum Gasteiger partial charge on any atom is -0.394 e. The molecule has 0 spiro atoms. The fourth-order valence-electron chi connectivity index (χ4n) is 10.7. The Morgan fingerprint density at radius 3 is 1.19 bits per heavy atom. The van der Waals surface area contributed by atoms with Gasteiger partial charge in [-0.1, -0.05) is 224 Å². The minimum absolute atomic E-state index is 0.220. The Bertz CT molecular complexity index is 2270. The third-order valence-electron chi connectivity index (χ3n) is 16.4. The van der Waals surface area contributed by atoms with E-state index in [-0.39, 0.29) is 18.9 Å². The Morgan fingerprint density at radius 1 is 0.394 bits per heavy atom. The maximum atomic E-state index is 13.3. The fourth-order valence-corrected chi connectivity index (χ4v) is 10.7. The molecular formula is C75H121NO18. The summed E-state index contributed by atoms with van der Waals surface area (Å²) in [6.45, 7) is 1.47. The van der Waals surface area contributed by atoms with Crippen molar-refractivity contribution in [1.82, 2.24) is 5.32 Å². The van der Waals surface area contributed by atoms with Gasteiger partial charge in [0.2, 0.25) is 5.91 Å². The number of allylic oxidation sites excluding steroid dienone is 23. The van der Waals surface area contributed by atoms with Crippen molar-refractivity contribution in [3.8, 4) is 0 Å². The van der Waals surface area contributed by atoms with Gasteiger partial charge in [-0.25, -0.2) is 0 Å².